The van der Waals surface area contributed by atoms with Crippen LogP contribution in [0, 0.1) is 5.82 Å². The summed E-state index contributed by atoms with van der Waals surface area (Å²) in [5.74, 6) is 0.145. The number of nitrogens with one attached hydrogen (secondary N) is 1. The number of para-hydroxylation sites is 2. The standard InChI is InChI=1S/C21H14FN5O/c22-15-6-2-4-8-17(15)27-19-14(11-23-27)21(28)26-10-9-13-12-5-1-3-7-16(12)24-18(13)20(26)25-19/h1-8,11,24H,9-10H2. The summed E-state index contributed by atoms with van der Waals surface area (Å²) >= 11 is 0. The van der Waals surface area contributed by atoms with E-state index in [1.807, 2.05) is 18.2 Å². The Morgan fingerprint density at radius 2 is 1.86 bits per heavy atom. The highest BCUT2D eigenvalue weighted by atomic mass is 19.1. The third kappa shape index (κ3) is 1.93. The van der Waals surface area contributed by atoms with Crippen LogP contribution in [0.3, 0.4) is 0 Å². The largest absolute Gasteiger partial charge is 0.352 e. The lowest BCUT2D eigenvalue weighted by Crippen LogP contribution is -2.27. The molecule has 0 fully saturated rings. The molecule has 0 atom stereocenters. The van der Waals surface area contributed by atoms with Crippen molar-refractivity contribution in [2.75, 3.05) is 0 Å². The first-order valence-electron chi connectivity index (χ1n) is 9.06. The quantitative estimate of drug-likeness (QED) is 0.491. The summed E-state index contributed by atoms with van der Waals surface area (Å²) in [4.78, 5) is 21.2. The van der Waals surface area contributed by atoms with E-state index in [0.717, 1.165) is 28.6 Å². The molecule has 28 heavy (non-hydrogen) atoms. The Labute approximate surface area is 157 Å². The van der Waals surface area contributed by atoms with Crippen LogP contribution in [0.15, 0.2) is 59.5 Å². The molecule has 3 aromatic heterocycles. The Kier molecular flexibility index (Phi) is 2.95. The van der Waals surface area contributed by atoms with Crippen LogP contribution in [0.4, 0.5) is 4.39 Å². The topological polar surface area (TPSA) is 68.5 Å². The van der Waals surface area contributed by atoms with Gasteiger partial charge in [-0.3, -0.25) is 9.36 Å². The first-order chi connectivity index (χ1) is 13.7. The predicted molar refractivity (Wildman–Crippen MR) is 104 cm³/mol. The summed E-state index contributed by atoms with van der Waals surface area (Å²) in [6, 6.07) is 14.4. The van der Waals surface area contributed by atoms with Crippen molar-refractivity contribution < 1.29 is 4.39 Å². The molecule has 136 valence electrons. The molecule has 0 spiro atoms. The third-order valence-electron chi connectivity index (χ3n) is 5.39. The number of halogens is 1. The molecule has 5 aromatic rings. The van der Waals surface area contributed by atoms with Gasteiger partial charge in [0.25, 0.3) is 5.56 Å². The number of rotatable bonds is 1. The van der Waals surface area contributed by atoms with E-state index in [-0.39, 0.29) is 11.2 Å². The molecule has 6 nitrogen and oxygen atoms in total. The molecule has 0 bridgehead atoms. The SMILES string of the molecule is O=c1c2cnn(-c3ccccc3F)c2nc2n1CCc1c-2[nH]c2ccccc12. The van der Waals surface area contributed by atoms with Gasteiger partial charge >= 0.3 is 0 Å². The number of hydrogen-bond acceptors (Lipinski definition) is 3. The van der Waals surface area contributed by atoms with Crippen molar-refractivity contribution in [3.8, 4) is 17.2 Å². The monoisotopic (exact) mass is 371 g/mol. The lowest BCUT2D eigenvalue weighted by atomic mass is 10.0. The maximum absolute atomic E-state index is 14.3. The molecule has 1 aliphatic heterocycles. The first-order valence-corrected chi connectivity index (χ1v) is 9.06. The Balaban J connectivity index is 1.69. The van der Waals surface area contributed by atoms with Crippen LogP contribution in [0.5, 0.6) is 0 Å². The molecule has 0 saturated heterocycles. The van der Waals surface area contributed by atoms with Crippen molar-refractivity contribution in [2.24, 2.45) is 0 Å². The molecule has 6 rings (SSSR count). The number of aromatic amines is 1. The number of nitrogens with zero attached hydrogens (tertiary/aromatic N) is 4. The molecule has 2 aromatic carbocycles. The molecule has 0 radical (unpaired) electrons. The second-order valence-electron chi connectivity index (χ2n) is 6.91. The fraction of sp³-hybridized carbons (Fsp3) is 0.0952. The lowest BCUT2D eigenvalue weighted by molar-refractivity contribution is 0.612. The van der Waals surface area contributed by atoms with Gasteiger partial charge in [-0.15, -0.1) is 0 Å². The van der Waals surface area contributed by atoms with Crippen LogP contribution in [0.2, 0.25) is 0 Å². The Hall–Kier alpha value is -3.74. The van der Waals surface area contributed by atoms with E-state index in [1.54, 1.807) is 22.8 Å². The highest BCUT2D eigenvalue weighted by molar-refractivity contribution is 5.91. The summed E-state index contributed by atoms with van der Waals surface area (Å²) in [5.41, 5.74) is 3.46. The smallest absolute Gasteiger partial charge is 0.264 e. The van der Waals surface area contributed by atoms with Gasteiger partial charge in [-0.25, -0.2) is 14.1 Å². The van der Waals surface area contributed by atoms with E-state index in [2.05, 4.69) is 16.1 Å². The molecule has 0 unspecified atom stereocenters. The summed E-state index contributed by atoms with van der Waals surface area (Å²) in [6.45, 7) is 0.552. The number of H-pyrrole nitrogens is 1. The third-order valence-corrected chi connectivity index (χ3v) is 5.39. The molecule has 7 heteroatoms. The minimum absolute atomic E-state index is 0.160. The van der Waals surface area contributed by atoms with Crippen molar-refractivity contribution in [2.45, 2.75) is 13.0 Å². The van der Waals surface area contributed by atoms with Gasteiger partial charge in [0.05, 0.1) is 11.9 Å². The van der Waals surface area contributed by atoms with E-state index >= 15 is 0 Å². The summed E-state index contributed by atoms with van der Waals surface area (Å²) in [6.07, 6.45) is 2.21. The first kappa shape index (κ1) is 15.3. The van der Waals surface area contributed by atoms with Crippen LogP contribution in [-0.2, 0) is 13.0 Å². The molecule has 1 N–H and O–H groups in total. The Morgan fingerprint density at radius 3 is 2.75 bits per heavy atom. The van der Waals surface area contributed by atoms with Gasteiger partial charge in [-0.2, -0.15) is 5.10 Å². The minimum atomic E-state index is -0.418. The Bertz CT molecular complexity index is 1460. The normalized spacial score (nSPS) is 13.0. The second-order valence-corrected chi connectivity index (χ2v) is 6.91. The molecular formula is C21H14FN5O. The fourth-order valence-electron chi connectivity index (χ4n) is 4.07. The van der Waals surface area contributed by atoms with Gasteiger partial charge in [0.2, 0.25) is 0 Å². The zero-order valence-corrected chi connectivity index (χ0v) is 14.7. The van der Waals surface area contributed by atoms with Gasteiger partial charge in [0, 0.05) is 17.4 Å². The predicted octanol–water partition coefficient (Wildman–Crippen LogP) is 3.43. The maximum atomic E-state index is 14.3. The van der Waals surface area contributed by atoms with Crippen LogP contribution in [0.25, 0.3) is 39.1 Å². The highest BCUT2D eigenvalue weighted by Gasteiger charge is 2.25. The van der Waals surface area contributed by atoms with E-state index < -0.39 is 5.82 Å². The molecular weight excluding hydrogens is 357 g/mol. The van der Waals surface area contributed by atoms with E-state index in [9.17, 15) is 9.18 Å². The van der Waals surface area contributed by atoms with E-state index in [0.29, 0.717) is 23.4 Å². The van der Waals surface area contributed by atoms with Crippen molar-refractivity contribution in [3.05, 3.63) is 76.5 Å². The average Bonchev–Trinajstić information content (AvgIpc) is 3.30. The van der Waals surface area contributed by atoms with Crippen LogP contribution in [0.1, 0.15) is 5.56 Å². The molecule has 0 saturated carbocycles. The number of aryl methyl sites for hydroxylation is 1. The van der Waals surface area contributed by atoms with Gasteiger partial charge in [-0.1, -0.05) is 30.3 Å². The number of fused-ring (bicyclic) bond motifs is 6. The van der Waals surface area contributed by atoms with E-state index in [4.69, 9.17) is 4.98 Å². The van der Waals surface area contributed by atoms with Crippen molar-refractivity contribution in [1.82, 2.24) is 24.3 Å². The second kappa shape index (κ2) is 5.39. The van der Waals surface area contributed by atoms with Crippen molar-refractivity contribution >= 4 is 21.9 Å². The highest BCUT2D eigenvalue weighted by Crippen LogP contribution is 2.33. The molecule has 4 heterocycles. The molecule has 1 aliphatic rings. The van der Waals surface area contributed by atoms with Gasteiger partial charge in [0.15, 0.2) is 11.5 Å². The number of hydrogen-bond donors (Lipinski definition) is 1. The number of aromatic nitrogens is 5. The van der Waals surface area contributed by atoms with Crippen molar-refractivity contribution in [3.63, 3.8) is 0 Å². The number of benzene rings is 2. The zero-order chi connectivity index (χ0) is 18.8. The average molecular weight is 371 g/mol. The van der Waals surface area contributed by atoms with Crippen molar-refractivity contribution in [1.29, 1.82) is 0 Å². The van der Waals surface area contributed by atoms with E-state index in [1.165, 1.54) is 16.9 Å². The Morgan fingerprint density at radius 1 is 1.04 bits per heavy atom. The zero-order valence-electron chi connectivity index (χ0n) is 14.7. The fourth-order valence-corrected chi connectivity index (χ4v) is 4.07. The van der Waals surface area contributed by atoms with Gasteiger partial charge in [0.1, 0.15) is 16.9 Å². The summed E-state index contributed by atoms with van der Waals surface area (Å²) in [5, 5.41) is 5.77. The van der Waals surface area contributed by atoms with Crippen LogP contribution in [-0.4, -0.2) is 24.3 Å². The van der Waals surface area contributed by atoms with Gasteiger partial charge in [-0.05, 0) is 30.2 Å². The van der Waals surface area contributed by atoms with Gasteiger partial charge < -0.3 is 4.98 Å². The minimum Gasteiger partial charge on any atom is -0.352 e. The molecule has 0 aliphatic carbocycles. The lowest BCUT2D eigenvalue weighted by Gasteiger charge is -2.18. The summed E-state index contributed by atoms with van der Waals surface area (Å²) in [7, 11) is 0. The van der Waals surface area contributed by atoms with Crippen LogP contribution >= 0.6 is 0 Å². The molecule has 0 amide bonds. The maximum Gasteiger partial charge on any atom is 0.264 e. The van der Waals surface area contributed by atoms with Crippen LogP contribution < -0.4 is 5.56 Å². The summed E-state index contributed by atoms with van der Waals surface area (Å²) < 4.78 is 17.4.